The molecule has 0 aliphatic carbocycles. The van der Waals surface area contributed by atoms with Crippen LogP contribution in [0.2, 0.25) is 0 Å². The highest BCUT2D eigenvalue weighted by molar-refractivity contribution is 5.94. The molecule has 6 heterocycles. The van der Waals surface area contributed by atoms with Gasteiger partial charge in [0.1, 0.15) is 5.52 Å². The summed E-state index contributed by atoms with van der Waals surface area (Å²) in [7, 11) is 1.81. The number of hydrogen-bond donors (Lipinski definition) is 3. The molecule has 3 N–H and O–H groups in total. The Kier molecular flexibility index (Phi) is 4.05. The van der Waals surface area contributed by atoms with E-state index in [9.17, 15) is 5.11 Å². The number of aromatic nitrogens is 9. The van der Waals surface area contributed by atoms with Gasteiger partial charge in [-0.05, 0) is 24.3 Å². The Hall–Kier alpha value is -4.44. The zero-order chi connectivity index (χ0) is 21.7. The van der Waals surface area contributed by atoms with Crippen LogP contribution in [-0.2, 0) is 13.7 Å². The molecule has 0 atom stereocenters. The van der Waals surface area contributed by atoms with E-state index in [1.54, 1.807) is 23.3 Å². The van der Waals surface area contributed by atoms with Gasteiger partial charge in [0, 0.05) is 48.5 Å². The highest BCUT2D eigenvalue weighted by atomic mass is 16.3. The number of hydrogen-bond acceptors (Lipinski definition) is 7. The first kappa shape index (κ1) is 18.3. The fourth-order valence-corrected chi connectivity index (χ4v) is 3.87. The van der Waals surface area contributed by atoms with Crippen LogP contribution in [0.1, 0.15) is 5.69 Å². The lowest BCUT2D eigenvalue weighted by Gasteiger charge is -2.01. The van der Waals surface area contributed by atoms with E-state index in [0.29, 0.717) is 34.1 Å². The Balaban J connectivity index is 1.51. The predicted octanol–water partition coefficient (Wildman–Crippen LogP) is 2.85. The maximum absolute atomic E-state index is 9.65. The number of pyridine rings is 3. The van der Waals surface area contributed by atoms with Gasteiger partial charge in [-0.2, -0.15) is 10.2 Å². The molecule has 6 aromatic rings. The van der Waals surface area contributed by atoms with Gasteiger partial charge in [-0.15, -0.1) is 0 Å². The molecule has 6 aromatic heterocycles. The molecule has 32 heavy (non-hydrogen) atoms. The van der Waals surface area contributed by atoms with Crippen molar-refractivity contribution in [3.63, 3.8) is 0 Å². The molecule has 156 valence electrons. The molecule has 0 aromatic carbocycles. The van der Waals surface area contributed by atoms with Crippen LogP contribution in [0.15, 0.2) is 55.1 Å². The lowest BCUT2D eigenvalue weighted by molar-refractivity contribution is 0.276. The SMILES string of the molecule is Cn1cc(-c2ccc3[nH]nc(-c4nc5nccc(-c6cccnc6)c5[nH]4)c3n2)c(CO)n1. The Bertz CT molecular complexity index is 1580. The number of imidazole rings is 1. The van der Waals surface area contributed by atoms with E-state index in [2.05, 4.69) is 35.2 Å². The Labute approximate surface area is 181 Å². The Morgan fingerprint density at radius 1 is 1.06 bits per heavy atom. The second kappa shape index (κ2) is 7.06. The highest BCUT2D eigenvalue weighted by Crippen LogP contribution is 2.31. The quantitative estimate of drug-likeness (QED) is 0.397. The van der Waals surface area contributed by atoms with Gasteiger partial charge in [0.2, 0.25) is 0 Å². The van der Waals surface area contributed by atoms with E-state index in [0.717, 1.165) is 27.7 Å². The van der Waals surface area contributed by atoms with Crippen molar-refractivity contribution in [2.24, 2.45) is 7.05 Å². The van der Waals surface area contributed by atoms with E-state index in [1.807, 2.05) is 43.6 Å². The van der Waals surface area contributed by atoms with Crippen molar-refractivity contribution in [1.29, 1.82) is 0 Å². The average molecular weight is 423 g/mol. The van der Waals surface area contributed by atoms with Gasteiger partial charge in [-0.1, -0.05) is 6.07 Å². The van der Waals surface area contributed by atoms with E-state index in [-0.39, 0.29) is 6.61 Å². The maximum atomic E-state index is 9.65. The summed E-state index contributed by atoms with van der Waals surface area (Å²) in [5.74, 6) is 0.563. The summed E-state index contributed by atoms with van der Waals surface area (Å²) in [4.78, 5) is 21.5. The molecule has 0 saturated carbocycles. The second-order valence-electron chi connectivity index (χ2n) is 7.37. The van der Waals surface area contributed by atoms with Gasteiger partial charge in [0.25, 0.3) is 0 Å². The first-order valence-corrected chi connectivity index (χ1v) is 9.95. The summed E-state index contributed by atoms with van der Waals surface area (Å²) in [5.41, 5.74) is 7.38. The zero-order valence-corrected chi connectivity index (χ0v) is 17.0. The van der Waals surface area contributed by atoms with Crippen LogP contribution in [0.5, 0.6) is 0 Å². The van der Waals surface area contributed by atoms with Crippen molar-refractivity contribution in [2.75, 3.05) is 0 Å². The van der Waals surface area contributed by atoms with Gasteiger partial charge in [0.15, 0.2) is 17.2 Å². The smallest absolute Gasteiger partial charge is 0.178 e. The Morgan fingerprint density at radius 2 is 2.00 bits per heavy atom. The molecule has 0 aliphatic heterocycles. The molecular formula is C22H17N9O. The highest BCUT2D eigenvalue weighted by Gasteiger charge is 2.18. The van der Waals surface area contributed by atoms with Crippen LogP contribution in [0.3, 0.4) is 0 Å². The molecule has 10 heteroatoms. The van der Waals surface area contributed by atoms with Gasteiger partial charge in [-0.25, -0.2) is 15.0 Å². The van der Waals surface area contributed by atoms with Crippen LogP contribution >= 0.6 is 0 Å². The molecular weight excluding hydrogens is 406 g/mol. The molecule has 0 amide bonds. The Morgan fingerprint density at radius 3 is 2.84 bits per heavy atom. The topological polar surface area (TPSA) is 134 Å². The summed E-state index contributed by atoms with van der Waals surface area (Å²) in [6, 6.07) is 9.60. The van der Waals surface area contributed by atoms with Crippen molar-refractivity contribution >= 4 is 22.2 Å². The monoisotopic (exact) mass is 423 g/mol. The number of H-pyrrole nitrogens is 2. The predicted molar refractivity (Wildman–Crippen MR) is 118 cm³/mol. The van der Waals surface area contributed by atoms with Gasteiger partial charge < -0.3 is 10.1 Å². The summed E-state index contributed by atoms with van der Waals surface area (Å²) >= 11 is 0. The van der Waals surface area contributed by atoms with Crippen LogP contribution in [-0.4, -0.2) is 50.0 Å². The normalized spacial score (nSPS) is 11.6. The number of aryl methyl sites for hydroxylation is 1. The standard InChI is InChI=1S/C22H17N9O/c1-31-10-14(17(11-32)30-31)15-4-5-16-19(25-15)20(29-28-16)22-26-18-13(6-8-24-21(18)27-22)12-3-2-7-23-9-12/h2-10,32H,11H2,1H3,(H,28,29)(H,24,26,27). The van der Waals surface area contributed by atoms with E-state index in [1.165, 1.54) is 0 Å². The first-order chi connectivity index (χ1) is 15.7. The van der Waals surface area contributed by atoms with Crippen LogP contribution in [0, 0.1) is 0 Å². The molecule has 6 rings (SSSR count). The fourth-order valence-electron chi connectivity index (χ4n) is 3.87. The van der Waals surface area contributed by atoms with Crippen molar-refractivity contribution < 1.29 is 5.11 Å². The fraction of sp³-hybridized carbons (Fsp3) is 0.0909. The molecule has 0 spiro atoms. The zero-order valence-electron chi connectivity index (χ0n) is 17.0. The van der Waals surface area contributed by atoms with Crippen LogP contribution in [0.4, 0.5) is 0 Å². The third kappa shape index (κ3) is 2.85. The molecule has 0 saturated heterocycles. The summed E-state index contributed by atoms with van der Waals surface area (Å²) in [5, 5.41) is 21.4. The van der Waals surface area contributed by atoms with Crippen LogP contribution < -0.4 is 0 Å². The van der Waals surface area contributed by atoms with Gasteiger partial charge >= 0.3 is 0 Å². The third-order valence-corrected chi connectivity index (χ3v) is 5.33. The van der Waals surface area contributed by atoms with Crippen molar-refractivity contribution in [3.05, 3.63) is 60.8 Å². The van der Waals surface area contributed by atoms with Crippen LogP contribution in [0.25, 0.3) is 56.1 Å². The summed E-state index contributed by atoms with van der Waals surface area (Å²) < 4.78 is 1.66. The molecule has 0 unspecified atom stereocenters. The molecule has 0 bridgehead atoms. The number of nitrogens with zero attached hydrogens (tertiary/aromatic N) is 7. The van der Waals surface area contributed by atoms with Crippen molar-refractivity contribution in [1.82, 2.24) is 44.9 Å². The molecule has 10 nitrogen and oxygen atoms in total. The third-order valence-electron chi connectivity index (χ3n) is 5.33. The van der Waals surface area contributed by atoms with E-state index < -0.39 is 0 Å². The number of aliphatic hydroxyl groups excluding tert-OH is 1. The van der Waals surface area contributed by atoms with Gasteiger partial charge in [-0.3, -0.25) is 14.8 Å². The minimum absolute atomic E-state index is 0.166. The number of aliphatic hydroxyl groups is 1. The summed E-state index contributed by atoms with van der Waals surface area (Å²) in [6.07, 6.45) is 7.11. The summed E-state index contributed by atoms with van der Waals surface area (Å²) in [6.45, 7) is -0.166. The van der Waals surface area contributed by atoms with E-state index >= 15 is 0 Å². The number of aromatic amines is 2. The van der Waals surface area contributed by atoms with E-state index in [4.69, 9.17) is 4.98 Å². The first-order valence-electron chi connectivity index (χ1n) is 9.95. The average Bonchev–Trinajstić information content (AvgIpc) is 3.54. The van der Waals surface area contributed by atoms with Gasteiger partial charge in [0.05, 0.1) is 29.0 Å². The number of rotatable bonds is 4. The molecule has 0 radical (unpaired) electrons. The minimum Gasteiger partial charge on any atom is -0.390 e. The number of nitrogens with one attached hydrogen (secondary N) is 2. The molecule has 0 aliphatic rings. The van der Waals surface area contributed by atoms with Crippen molar-refractivity contribution in [2.45, 2.75) is 6.61 Å². The number of fused-ring (bicyclic) bond motifs is 2. The lowest BCUT2D eigenvalue weighted by Crippen LogP contribution is -1.92. The second-order valence-corrected chi connectivity index (χ2v) is 7.37. The largest absolute Gasteiger partial charge is 0.390 e. The van der Waals surface area contributed by atoms with Crippen molar-refractivity contribution in [3.8, 4) is 33.9 Å². The minimum atomic E-state index is -0.166. The molecule has 0 fully saturated rings. The lowest BCUT2D eigenvalue weighted by atomic mass is 10.1. The maximum Gasteiger partial charge on any atom is 0.178 e.